The second kappa shape index (κ2) is 8.46. The maximum absolute atomic E-state index is 11.3. The zero-order chi connectivity index (χ0) is 13.5. The summed E-state index contributed by atoms with van der Waals surface area (Å²) >= 11 is 0. The number of carbonyl (C=O) groups is 2. The number of hydrogen-bond donors (Lipinski definition) is 2. The van der Waals surface area contributed by atoms with Crippen molar-refractivity contribution in [3.05, 3.63) is 34.4 Å². The molecular formula is C10H12N3NaO5. The van der Waals surface area contributed by atoms with Crippen LogP contribution in [0.5, 0.6) is 5.75 Å². The number of amides is 2. The van der Waals surface area contributed by atoms with E-state index >= 15 is 0 Å². The first kappa shape index (κ1) is 17.4. The van der Waals surface area contributed by atoms with Crippen molar-refractivity contribution in [1.29, 1.82) is 0 Å². The van der Waals surface area contributed by atoms with E-state index in [1.165, 1.54) is 24.3 Å². The molecule has 0 aliphatic rings. The second-order valence-corrected chi connectivity index (χ2v) is 3.27. The molecular weight excluding hydrogens is 265 g/mol. The Bertz CT molecular complexity index is 468. The molecule has 1 rings (SSSR count). The molecule has 0 heterocycles. The van der Waals surface area contributed by atoms with E-state index in [-0.39, 0.29) is 55.4 Å². The number of nitro benzene ring substituents is 1. The van der Waals surface area contributed by atoms with Crippen LogP contribution in [0.25, 0.3) is 0 Å². The van der Waals surface area contributed by atoms with Crippen LogP contribution < -0.4 is 45.3 Å². The molecule has 3 N–H and O–H groups in total. The average molecular weight is 277 g/mol. The van der Waals surface area contributed by atoms with Crippen LogP contribution in [0.4, 0.5) is 10.5 Å². The van der Waals surface area contributed by atoms with Gasteiger partial charge in [0.25, 0.3) is 5.69 Å². The number of nitro groups is 1. The molecule has 0 unspecified atom stereocenters. The van der Waals surface area contributed by atoms with Crippen LogP contribution in [0.2, 0.25) is 0 Å². The van der Waals surface area contributed by atoms with Crippen molar-refractivity contribution in [3.8, 4) is 5.75 Å². The minimum atomic E-state index is -0.724. The molecule has 0 aromatic heterocycles. The molecule has 98 valence electrons. The van der Waals surface area contributed by atoms with Crippen molar-refractivity contribution in [3.63, 3.8) is 0 Å². The minimum absolute atomic E-state index is 0. The summed E-state index contributed by atoms with van der Waals surface area (Å²) in [6.07, 6.45) is -0.0417. The Kier molecular flexibility index (Phi) is 7.73. The molecule has 0 radical (unpaired) electrons. The molecule has 2 amide bonds. The monoisotopic (exact) mass is 277 g/mol. The van der Waals surface area contributed by atoms with E-state index < -0.39 is 16.9 Å². The molecule has 8 nitrogen and oxygen atoms in total. The third-order valence-corrected chi connectivity index (χ3v) is 1.91. The Balaban J connectivity index is 0. The third-order valence-electron chi connectivity index (χ3n) is 1.91. The van der Waals surface area contributed by atoms with Crippen LogP contribution in [-0.4, -0.2) is 23.5 Å². The number of nitrogens with one attached hydrogen (secondary N) is 1. The summed E-state index contributed by atoms with van der Waals surface area (Å²) < 4.78 is 4.88. The summed E-state index contributed by atoms with van der Waals surface area (Å²) in [4.78, 5) is 31.4. The smallest absolute Gasteiger partial charge is 1.00 e. The molecule has 0 saturated carbocycles. The first-order chi connectivity index (χ1) is 8.49. The van der Waals surface area contributed by atoms with Gasteiger partial charge in [0.1, 0.15) is 5.75 Å². The molecule has 0 bridgehead atoms. The number of non-ortho nitro benzene ring substituents is 1. The van der Waals surface area contributed by atoms with Gasteiger partial charge in [0.05, 0.1) is 11.3 Å². The van der Waals surface area contributed by atoms with Crippen molar-refractivity contribution in [2.75, 3.05) is 6.54 Å². The number of benzene rings is 1. The van der Waals surface area contributed by atoms with Crippen LogP contribution in [0.1, 0.15) is 7.85 Å². The van der Waals surface area contributed by atoms with E-state index in [0.717, 1.165) is 0 Å². The van der Waals surface area contributed by atoms with Gasteiger partial charge in [0, 0.05) is 18.7 Å². The number of esters is 1. The normalized spacial score (nSPS) is 9.05. The van der Waals surface area contributed by atoms with Gasteiger partial charge in [-0.1, -0.05) is 0 Å². The van der Waals surface area contributed by atoms with Crippen molar-refractivity contribution in [2.45, 2.75) is 6.42 Å². The van der Waals surface area contributed by atoms with Crippen molar-refractivity contribution in [2.24, 2.45) is 5.73 Å². The van der Waals surface area contributed by atoms with E-state index in [1.54, 1.807) is 0 Å². The van der Waals surface area contributed by atoms with Gasteiger partial charge in [-0.25, -0.2) is 4.79 Å². The summed E-state index contributed by atoms with van der Waals surface area (Å²) in [5.41, 5.74) is 4.72. The summed E-state index contributed by atoms with van der Waals surface area (Å²) in [6, 6.07) is 4.36. The SMILES string of the molecule is NC(=O)NCCC(=O)Oc1ccc([N+](=O)[O-])cc1.[H-].[Na+]. The summed E-state index contributed by atoms with van der Waals surface area (Å²) in [5, 5.41) is 12.6. The van der Waals surface area contributed by atoms with Gasteiger partial charge in [-0.2, -0.15) is 0 Å². The van der Waals surface area contributed by atoms with Crippen LogP contribution in [0.15, 0.2) is 24.3 Å². The number of rotatable bonds is 5. The predicted molar refractivity (Wildman–Crippen MR) is 62.0 cm³/mol. The van der Waals surface area contributed by atoms with Crippen LogP contribution in [0, 0.1) is 10.1 Å². The Morgan fingerprint density at radius 1 is 1.37 bits per heavy atom. The zero-order valence-electron chi connectivity index (χ0n) is 11.3. The Morgan fingerprint density at radius 3 is 2.42 bits per heavy atom. The predicted octanol–water partition coefficient (Wildman–Crippen LogP) is -2.32. The van der Waals surface area contributed by atoms with Crippen molar-refractivity contribution < 1.29 is 50.2 Å². The number of carbonyl (C=O) groups excluding carboxylic acids is 2. The molecule has 0 aliphatic carbocycles. The van der Waals surface area contributed by atoms with Crippen LogP contribution in [0.3, 0.4) is 0 Å². The third kappa shape index (κ3) is 6.75. The Morgan fingerprint density at radius 2 is 1.95 bits per heavy atom. The zero-order valence-corrected chi connectivity index (χ0v) is 12.3. The topological polar surface area (TPSA) is 125 Å². The quantitative estimate of drug-likeness (QED) is 0.205. The molecule has 0 aliphatic heterocycles. The van der Waals surface area contributed by atoms with Crippen LogP contribution >= 0.6 is 0 Å². The first-order valence-corrected chi connectivity index (χ1v) is 4.97. The molecule has 0 fully saturated rings. The van der Waals surface area contributed by atoms with Crippen molar-refractivity contribution >= 4 is 17.7 Å². The van der Waals surface area contributed by atoms with E-state index in [0.29, 0.717) is 0 Å². The fraction of sp³-hybridized carbons (Fsp3) is 0.200. The fourth-order valence-corrected chi connectivity index (χ4v) is 1.11. The number of urea groups is 1. The number of hydrogen-bond acceptors (Lipinski definition) is 5. The van der Waals surface area contributed by atoms with Gasteiger partial charge in [-0.05, 0) is 12.1 Å². The molecule has 0 saturated heterocycles. The number of ether oxygens (including phenoxy) is 1. The Hall–Kier alpha value is -1.64. The van der Waals surface area contributed by atoms with E-state index in [4.69, 9.17) is 10.5 Å². The fourth-order valence-electron chi connectivity index (χ4n) is 1.11. The van der Waals surface area contributed by atoms with Gasteiger partial charge >= 0.3 is 41.6 Å². The number of nitrogens with zero attached hydrogens (tertiary/aromatic N) is 1. The molecule has 19 heavy (non-hydrogen) atoms. The van der Waals surface area contributed by atoms with E-state index in [9.17, 15) is 19.7 Å². The summed E-state index contributed by atoms with van der Waals surface area (Å²) in [5.74, 6) is -0.373. The molecule has 0 atom stereocenters. The second-order valence-electron chi connectivity index (χ2n) is 3.27. The first-order valence-electron chi connectivity index (χ1n) is 4.97. The standard InChI is InChI=1S/C10H11N3O5.Na.H/c11-10(15)12-6-5-9(14)18-8-3-1-7(2-4-8)13(16)17;;/h1-4H,5-6H2,(H3,11,12,15);;/q;+1;-1. The number of nitrogens with two attached hydrogens (primary N) is 1. The van der Waals surface area contributed by atoms with E-state index in [2.05, 4.69) is 5.32 Å². The van der Waals surface area contributed by atoms with Gasteiger partial charge in [-0.3, -0.25) is 14.9 Å². The van der Waals surface area contributed by atoms with Crippen molar-refractivity contribution in [1.82, 2.24) is 5.32 Å². The maximum atomic E-state index is 11.3. The molecule has 1 aromatic rings. The summed E-state index contributed by atoms with van der Waals surface area (Å²) in [6.45, 7) is 0.0706. The average Bonchev–Trinajstić information content (AvgIpc) is 2.29. The van der Waals surface area contributed by atoms with Gasteiger partial charge in [0.15, 0.2) is 0 Å². The minimum Gasteiger partial charge on any atom is -1.00 e. The number of primary amides is 1. The maximum Gasteiger partial charge on any atom is 1.00 e. The van der Waals surface area contributed by atoms with Gasteiger partial charge in [-0.15, -0.1) is 0 Å². The largest absolute Gasteiger partial charge is 1.00 e. The molecule has 9 heteroatoms. The van der Waals surface area contributed by atoms with Gasteiger partial charge < -0.3 is 17.2 Å². The van der Waals surface area contributed by atoms with E-state index in [1.807, 2.05) is 0 Å². The molecule has 1 aromatic carbocycles. The van der Waals surface area contributed by atoms with Crippen LogP contribution in [-0.2, 0) is 4.79 Å². The summed E-state index contributed by atoms with van der Waals surface area (Å²) in [7, 11) is 0. The van der Waals surface area contributed by atoms with Gasteiger partial charge in [0.2, 0.25) is 0 Å². The Labute approximate surface area is 132 Å². The molecule has 0 spiro atoms.